The molecule has 2 aliphatic rings. The Balaban J connectivity index is 1.60. The van der Waals surface area contributed by atoms with Crippen LogP contribution in [-0.4, -0.2) is 0 Å². The van der Waals surface area contributed by atoms with Crippen LogP contribution < -0.4 is 0 Å². The third-order valence-electron chi connectivity index (χ3n) is 5.55. The molecule has 20 heavy (non-hydrogen) atoms. The molecule has 2 fully saturated rings. The third-order valence-corrected chi connectivity index (χ3v) is 5.55. The largest absolute Gasteiger partial charge is 0.198 e. The number of hydrogen-bond donors (Lipinski definition) is 0. The van der Waals surface area contributed by atoms with Gasteiger partial charge in [0.1, 0.15) is 0 Å². The van der Waals surface area contributed by atoms with Crippen LogP contribution in [0.1, 0.15) is 77.6 Å². The van der Waals surface area contributed by atoms with Crippen LogP contribution in [0.5, 0.6) is 0 Å². The minimum Gasteiger partial charge on any atom is -0.198 e. The summed E-state index contributed by atoms with van der Waals surface area (Å²) in [5, 5.41) is 8.94. The fourth-order valence-electron chi connectivity index (χ4n) is 4.05. The van der Waals surface area contributed by atoms with Crippen molar-refractivity contribution in [2.45, 2.75) is 77.6 Å². The molecule has 0 amide bonds. The van der Waals surface area contributed by atoms with Gasteiger partial charge in [0.15, 0.2) is 0 Å². The minimum absolute atomic E-state index is 0.368. The zero-order chi connectivity index (χ0) is 14.2. The van der Waals surface area contributed by atoms with E-state index in [9.17, 15) is 0 Å². The Labute approximate surface area is 125 Å². The quantitative estimate of drug-likeness (QED) is 0.575. The van der Waals surface area contributed by atoms with E-state index in [0.29, 0.717) is 5.92 Å². The Morgan fingerprint density at radius 3 is 1.95 bits per heavy atom. The Morgan fingerprint density at radius 1 is 0.900 bits per heavy atom. The number of nitriles is 1. The maximum Gasteiger partial charge on any atom is 0.0655 e. The van der Waals surface area contributed by atoms with Crippen LogP contribution in [0.15, 0.2) is 12.2 Å². The average Bonchev–Trinajstić information content (AvgIpc) is 2.52. The zero-order valence-corrected chi connectivity index (χ0v) is 13.2. The second-order valence-corrected chi connectivity index (χ2v) is 7.04. The first-order valence-electron chi connectivity index (χ1n) is 8.88. The van der Waals surface area contributed by atoms with Gasteiger partial charge >= 0.3 is 0 Å². The maximum absolute atomic E-state index is 8.94. The summed E-state index contributed by atoms with van der Waals surface area (Å²) in [6, 6.07) is 2.45. The van der Waals surface area contributed by atoms with Crippen molar-refractivity contribution in [3.63, 3.8) is 0 Å². The molecule has 0 spiro atoms. The molecular weight excluding hydrogens is 242 g/mol. The van der Waals surface area contributed by atoms with Gasteiger partial charge in [-0.3, -0.25) is 0 Å². The molecule has 0 radical (unpaired) electrons. The van der Waals surface area contributed by atoms with Crippen molar-refractivity contribution in [3.8, 4) is 6.07 Å². The minimum atomic E-state index is 0.368. The highest BCUT2D eigenvalue weighted by atomic mass is 14.3. The van der Waals surface area contributed by atoms with Gasteiger partial charge < -0.3 is 0 Å². The number of nitrogens with zero attached hydrogens (tertiary/aromatic N) is 1. The number of hydrogen-bond acceptors (Lipinski definition) is 1. The fraction of sp³-hybridized carbons (Fsp3) is 0.842. The summed E-state index contributed by atoms with van der Waals surface area (Å²) in [6.45, 7) is 2.23. The molecule has 2 saturated carbocycles. The summed E-state index contributed by atoms with van der Waals surface area (Å²) < 4.78 is 0. The maximum atomic E-state index is 8.94. The first-order chi connectivity index (χ1) is 9.81. The van der Waals surface area contributed by atoms with Crippen molar-refractivity contribution in [2.75, 3.05) is 0 Å². The molecular formula is C19H31N. The van der Waals surface area contributed by atoms with Crippen molar-refractivity contribution in [1.82, 2.24) is 0 Å². The van der Waals surface area contributed by atoms with Gasteiger partial charge in [0.2, 0.25) is 0 Å². The third kappa shape index (κ3) is 4.97. The highest BCUT2D eigenvalue weighted by molar-refractivity contribution is 4.91. The van der Waals surface area contributed by atoms with Crippen molar-refractivity contribution < 1.29 is 0 Å². The van der Waals surface area contributed by atoms with Gasteiger partial charge in [-0.25, -0.2) is 0 Å². The van der Waals surface area contributed by atoms with Crippen LogP contribution in [0.3, 0.4) is 0 Å². The topological polar surface area (TPSA) is 23.8 Å². The van der Waals surface area contributed by atoms with Gasteiger partial charge in [-0.05, 0) is 75.5 Å². The number of allylic oxidation sites excluding steroid dienone is 2. The second kappa shape index (κ2) is 8.50. The van der Waals surface area contributed by atoms with Crippen LogP contribution in [0, 0.1) is 35.0 Å². The molecule has 1 nitrogen and oxygen atoms in total. The first kappa shape index (κ1) is 15.6. The molecule has 0 aromatic carbocycles. The molecule has 0 aromatic rings. The Hall–Kier alpha value is -0.770. The van der Waals surface area contributed by atoms with E-state index in [0.717, 1.165) is 30.6 Å². The smallest absolute Gasteiger partial charge is 0.0655 e. The number of rotatable bonds is 5. The van der Waals surface area contributed by atoms with E-state index in [1.807, 2.05) is 0 Å². The average molecular weight is 273 g/mol. The lowest BCUT2D eigenvalue weighted by Crippen LogP contribution is -2.17. The fourth-order valence-corrected chi connectivity index (χ4v) is 4.05. The molecule has 0 heterocycles. The van der Waals surface area contributed by atoms with Crippen molar-refractivity contribution in [1.29, 1.82) is 5.26 Å². The Morgan fingerprint density at radius 2 is 1.45 bits per heavy atom. The molecule has 0 unspecified atom stereocenters. The summed E-state index contributed by atoms with van der Waals surface area (Å²) in [5.41, 5.74) is 0. The summed E-state index contributed by atoms with van der Waals surface area (Å²) in [6.07, 6.45) is 19.6. The predicted molar refractivity (Wildman–Crippen MR) is 85.2 cm³/mol. The Bertz CT molecular complexity index is 322. The van der Waals surface area contributed by atoms with Crippen LogP contribution in [0.2, 0.25) is 0 Å². The molecule has 2 aliphatic carbocycles. The van der Waals surface area contributed by atoms with Crippen LogP contribution >= 0.6 is 0 Å². The van der Waals surface area contributed by atoms with Crippen molar-refractivity contribution >= 4 is 0 Å². The molecule has 0 bridgehead atoms. The highest BCUT2D eigenvalue weighted by Crippen LogP contribution is 2.36. The van der Waals surface area contributed by atoms with Crippen molar-refractivity contribution in [3.05, 3.63) is 12.2 Å². The predicted octanol–water partition coefficient (Wildman–Crippen LogP) is 5.87. The van der Waals surface area contributed by atoms with E-state index in [2.05, 4.69) is 25.1 Å². The van der Waals surface area contributed by atoms with Gasteiger partial charge in [-0.1, -0.05) is 31.9 Å². The van der Waals surface area contributed by atoms with Gasteiger partial charge in [0.25, 0.3) is 0 Å². The van der Waals surface area contributed by atoms with E-state index in [1.165, 1.54) is 57.8 Å². The molecule has 1 heteroatoms. The van der Waals surface area contributed by atoms with Crippen LogP contribution in [0.25, 0.3) is 0 Å². The molecule has 0 atom stereocenters. The summed E-state index contributed by atoms with van der Waals surface area (Å²) in [7, 11) is 0. The summed E-state index contributed by atoms with van der Waals surface area (Å²) in [4.78, 5) is 0. The van der Waals surface area contributed by atoms with Gasteiger partial charge in [0, 0.05) is 5.92 Å². The van der Waals surface area contributed by atoms with Crippen molar-refractivity contribution in [2.24, 2.45) is 23.7 Å². The van der Waals surface area contributed by atoms with Gasteiger partial charge in [-0.2, -0.15) is 5.26 Å². The first-order valence-corrected chi connectivity index (χ1v) is 8.88. The highest BCUT2D eigenvalue weighted by Gasteiger charge is 2.23. The molecule has 112 valence electrons. The van der Waals surface area contributed by atoms with E-state index in [4.69, 9.17) is 5.26 Å². The van der Waals surface area contributed by atoms with E-state index in [-0.39, 0.29) is 0 Å². The molecule has 0 aliphatic heterocycles. The standard InChI is InChI=1S/C19H31N/c1-2-3-4-16-5-7-17(8-6-16)9-10-18-11-13-19(15-20)14-12-18/h3-4,16-19H,2,5-14H2,1H3/b4-3+. The summed E-state index contributed by atoms with van der Waals surface area (Å²) in [5.74, 6) is 3.16. The SMILES string of the molecule is CC/C=C/C1CCC(CCC2CCC(C#N)CC2)CC1. The van der Waals surface area contributed by atoms with E-state index < -0.39 is 0 Å². The van der Waals surface area contributed by atoms with Crippen LogP contribution in [-0.2, 0) is 0 Å². The lowest BCUT2D eigenvalue weighted by atomic mass is 9.76. The normalized spacial score (nSPS) is 35.0. The monoisotopic (exact) mass is 273 g/mol. The van der Waals surface area contributed by atoms with E-state index >= 15 is 0 Å². The lowest BCUT2D eigenvalue weighted by Gasteiger charge is -2.30. The van der Waals surface area contributed by atoms with E-state index in [1.54, 1.807) is 0 Å². The second-order valence-electron chi connectivity index (χ2n) is 7.04. The molecule has 2 rings (SSSR count). The summed E-state index contributed by atoms with van der Waals surface area (Å²) >= 11 is 0. The molecule has 0 N–H and O–H groups in total. The Kier molecular flexibility index (Phi) is 6.64. The van der Waals surface area contributed by atoms with Crippen LogP contribution in [0.4, 0.5) is 0 Å². The lowest BCUT2D eigenvalue weighted by molar-refractivity contribution is 0.242. The molecule has 0 saturated heterocycles. The van der Waals surface area contributed by atoms with Gasteiger partial charge in [0.05, 0.1) is 6.07 Å². The molecule has 0 aromatic heterocycles. The zero-order valence-electron chi connectivity index (χ0n) is 13.2. The van der Waals surface area contributed by atoms with Gasteiger partial charge in [-0.15, -0.1) is 0 Å².